The number of nitrogens with one attached hydrogen (secondary N) is 1. The van der Waals surface area contributed by atoms with Crippen molar-refractivity contribution in [2.45, 2.75) is 26.9 Å². The van der Waals surface area contributed by atoms with Gasteiger partial charge in [-0.2, -0.15) is 0 Å². The summed E-state index contributed by atoms with van der Waals surface area (Å²) in [6.07, 6.45) is -0.970. The van der Waals surface area contributed by atoms with Gasteiger partial charge in [0.2, 0.25) is 0 Å². The molecule has 1 N–H and O–H groups in total. The lowest BCUT2D eigenvalue weighted by molar-refractivity contribution is 0.151. The Kier molecular flexibility index (Phi) is 6.20. The van der Waals surface area contributed by atoms with E-state index in [1.54, 1.807) is 12.3 Å². The molecule has 2 aromatic carbocycles. The Morgan fingerprint density at radius 2 is 1.96 bits per heavy atom. The highest BCUT2D eigenvalue weighted by atomic mass is 32.2. The average Bonchev–Trinajstić information content (AvgIpc) is 2.54. The summed E-state index contributed by atoms with van der Waals surface area (Å²) < 4.78 is 31.6. The maximum Gasteiger partial charge on any atom is 0.283 e. The number of hydrogen-bond acceptors (Lipinski definition) is 3. The molecule has 0 heterocycles. The van der Waals surface area contributed by atoms with E-state index in [-0.39, 0.29) is 17.4 Å². The zero-order chi connectivity index (χ0) is 17.7. The smallest absolute Gasteiger partial charge is 0.283 e. The molecule has 0 aliphatic heterocycles. The molecule has 0 aliphatic rings. The zero-order valence-electron chi connectivity index (χ0n) is 13.7. The van der Waals surface area contributed by atoms with Crippen LogP contribution in [-0.4, -0.2) is 11.5 Å². The van der Waals surface area contributed by atoms with E-state index in [9.17, 15) is 13.6 Å². The van der Waals surface area contributed by atoms with E-state index in [0.717, 1.165) is 28.6 Å². The van der Waals surface area contributed by atoms with Crippen LogP contribution in [0.2, 0.25) is 0 Å². The van der Waals surface area contributed by atoms with Crippen molar-refractivity contribution in [3.8, 4) is 5.75 Å². The largest absolute Gasteiger partial charge is 0.489 e. The number of carbonyl (C=O) groups is 1. The summed E-state index contributed by atoms with van der Waals surface area (Å²) in [7, 11) is 0. The number of ether oxygens (including phenoxy) is 1. The molecule has 0 aromatic heterocycles. The molecule has 0 bridgehead atoms. The number of halogens is 2. The second-order valence-electron chi connectivity index (χ2n) is 5.39. The summed E-state index contributed by atoms with van der Waals surface area (Å²) in [4.78, 5) is 11.6. The second kappa shape index (κ2) is 8.15. The van der Waals surface area contributed by atoms with Crippen molar-refractivity contribution < 1.29 is 18.3 Å². The van der Waals surface area contributed by atoms with Gasteiger partial charge in [0, 0.05) is 16.8 Å². The first-order chi connectivity index (χ1) is 11.4. The topological polar surface area (TPSA) is 38.3 Å². The van der Waals surface area contributed by atoms with Gasteiger partial charge in [0.25, 0.3) is 11.7 Å². The SMILES string of the molecule is CSC(=O)Nc1cc(C(F)F)ccc1COc1ccc(C)cc1C. The van der Waals surface area contributed by atoms with Gasteiger partial charge in [-0.3, -0.25) is 4.79 Å². The highest BCUT2D eigenvalue weighted by molar-refractivity contribution is 8.13. The first-order valence-electron chi connectivity index (χ1n) is 7.36. The van der Waals surface area contributed by atoms with Crippen molar-refractivity contribution in [2.24, 2.45) is 0 Å². The van der Waals surface area contributed by atoms with Crippen molar-refractivity contribution in [2.75, 3.05) is 11.6 Å². The highest BCUT2D eigenvalue weighted by Gasteiger charge is 2.13. The van der Waals surface area contributed by atoms with Crippen LogP contribution in [0, 0.1) is 13.8 Å². The predicted molar refractivity (Wildman–Crippen MR) is 94.2 cm³/mol. The Bertz CT molecular complexity index is 735. The number of rotatable bonds is 5. The summed E-state index contributed by atoms with van der Waals surface area (Å²) in [6, 6.07) is 10.0. The van der Waals surface area contributed by atoms with E-state index in [0.29, 0.717) is 11.3 Å². The van der Waals surface area contributed by atoms with Crippen molar-refractivity contribution >= 4 is 22.7 Å². The molecule has 0 saturated heterocycles. The standard InChI is InChI=1S/C18H19F2NO2S/c1-11-4-7-16(12(2)8-11)23-10-14-6-5-13(17(19)20)9-15(14)21-18(22)24-3/h4-9,17H,10H2,1-3H3,(H,21,22). The first kappa shape index (κ1) is 18.3. The molecule has 1 amide bonds. The average molecular weight is 351 g/mol. The number of aryl methyl sites for hydroxylation is 2. The van der Waals surface area contributed by atoms with Gasteiger partial charge in [0.1, 0.15) is 12.4 Å². The Hall–Kier alpha value is -2.08. The minimum absolute atomic E-state index is 0.137. The van der Waals surface area contributed by atoms with E-state index in [1.807, 2.05) is 32.0 Å². The lowest BCUT2D eigenvalue weighted by Crippen LogP contribution is -2.09. The second-order valence-corrected chi connectivity index (χ2v) is 6.17. The molecule has 0 unspecified atom stereocenters. The van der Waals surface area contributed by atoms with Crippen LogP contribution >= 0.6 is 11.8 Å². The number of amides is 1. The monoisotopic (exact) mass is 351 g/mol. The Morgan fingerprint density at radius 1 is 1.21 bits per heavy atom. The molecular weight excluding hydrogens is 332 g/mol. The summed E-state index contributed by atoms with van der Waals surface area (Å²) in [5.41, 5.74) is 2.98. The number of anilines is 1. The van der Waals surface area contributed by atoms with Gasteiger partial charge in [0.15, 0.2) is 0 Å². The van der Waals surface area contributed by atoms with Gasteiger partial charge in [-0.1, -0.05) is 41.6 Å². The molecule has 0 atom stereocenters. The Balaban J connectivity index is 2.22. The van der Waals surface area contributed by atoms with Gasteiger partial charge in [-0.05, 0) is 37.8 Å². The molecule has 6 heteroatoms. The van der Waals surface area contributed by atoms with Crippen LogP contribution in [0.15, 0.2) is 36.4 Å². The first-order valence-corrected chi connectivity index (χ1v) is 8.59. The normalized spacial score (nSPS) is 10.8. The number of hydrogen-bond donors (Lipinski definition) is 1. The van der Waals surface area contributed by atoms with Crippen LogP contribution < -0.4 is 10.1 Å². The maximum atomic E-state index is 12.9. The number of thioether (sulfide) groups is 1. The van der Waals surface area contributed by atoms with Gasteiger partial charge in [-0.25, -0.2) is 8.78 Å². The van der Waals surface area contributed by atoms with Crippen LogP contribution in [0.25, 0.3) is 0 Å². The Labute approximate surface area is 144 Å². The van der Waals surface area contributed by atoms with E-state index >= 15 is 0 Å². The lowest BCUT2D eigenvalue weighted by Gasteiger charge is -2.14. The lowest BCUT2D eigenvalue weighted by atomic mass is 10.1. The van der Waals surface area contributed by atoms with Crippen molar-refractivity contribution in [1.82, 2.24) is 0 Å². The maximum absolute atomic E-state index is 12.9. The van der Waals surface area contributed by atoms with E-state index in [1.165, 1.54) is 12.1 Å². The van der Waals surface area contributed by atoms with E-state index in [2.05, 4.69) is 5.32 Å². The number of carbonyl (C=O) groups excluding carboxylic acids is 1. The third-order valence-electron chi connectivity index (χ3n) is 3.52. The minimum atomic E-state index is -2.59. The van der Waals surface area contributed by atoms with Gasteiger partial charge in [0.05, 0.1) is 0 Å². The fourth-order valence-corrected chi connectivity index (χ4v) is 2.46. The molecule has 2 aromatic rings. The fourth-order valence-electron chi connectivity index (χ4n) is 2.25. The van der Waals surface area contributed by atoms with Gasteiger partial charge in [-0.15, -0.1) is 0 Å². The van der Waals surface area contributed by atoms with Crippen molar-refractivity contribution in [3.05, 3.63) is 58.7 Å². The molecule has 128 valence electrons. The molecule has 0 aliphatic carbocycles. The van der Waals surface area contributed by atoms with E-state index in [4.69, 9.17) is 4.74 Å². The molecule has 0 saturated carbocycles. The quantitative estimate of drug-likeness (QED) is 0.749. The molecule has 0 spiro atoms. The molecule has 0 radical (unpaired) electrons. The zero-order valence-corrected chi connectivity index (χ0v) is 14.5. The van der Waals surface area contributed by atoms with Gasteiger partial charge < -0.3 is 10.1 Å². The van der Waals surface area contributed by atoms with Crippen LogP contribution in [0.3, 0.4) is 0 Å². The summed E-state index contributed by atoms with van der Waals surface area (Å²) in [5.74, 6) is 0.723. The summed E-state index contributed by atoms with van der Waals surface area (Å²) in [5, 5.41) is 2.32. The minimum Gasteiger partial charge on any atom is -0.489 e. The third kappa shape index (κ3) is 4.71. The fraction of sp³-hybridized carbons (Fsp3) is 0.278. The third-order valence-corrected chi connectivity index (χ3v) is 3.99. The van der Waals surface area contributed by atoms with Crippen molar-refractivity contribution in [1.29, 1.82) is 0 Å². The van der Waals surface area contributed by atoms with Crippen LogP contribution in [0.1, 0.15) is 28.7 Å². The number of alkyl halides is 2. The summed E-state index contributed by atoms with van der Waals surface area (Å²) >= 11 is 0.983. The van der Waals surface area contributed by atoms with E-state index < -0.39 is 6.43 Å². The molecule has 24 heavy (non-hydrogen) atoms. The van der Waals surface area contributed by atoms with Crippen LogP contribution in [-0.2, 0) is 6.61 Å². The molecular formula is C18H19F2NO2S. The highest BCUT2D eigenvalue weighted by Crippen LogP contribution is 2.27. The van der Waals surface area contributed by atoms with Gasteiger partial charge >= 0.3 is 0 Å². The van der Waals surface area contributed by atoms with Crippen LogP contribution in [0.4, 0.5) is 19.3 Å². The number of benzene rings is 2. The molecule has 3 nitrogen and oxygen atoms in total. The molecule has 2 rings (SSSR count). The van der Waals surface area contributed by atoms with Crippen molar-refractivity contribution in [3.63, 3.8) is 0 Å². The Morgan fingerprint density at radius 3 is 2.58 bits per heavy atom. The predicted octanol–water partition coefficient (Wildman–Crippen LogP) is 5.71. The van der Waals surface area contributed by atoms with Crippen LogP contribution in [0.5, 0.6) is 5.75 Å². The summed E-state index contributed by atoms with van der Waals surface area (Å²) in [6.45, 7) is 4.12. The molecule has 0 fully saturated rings.